The molecule has 4 heteroatoms. The molecule has 0 spiro atoms. The first-order valence-electron chi connectivity index (χ1n) is 5.03. The van der Waals surface area contributed by atoms with Crippen LogP contribution in [-0.4, -0.2) is 14.7 Å². The maximum absolute atomic E-state index is 13.8. The van der Waals surface area contributed by atoms with Gasteiger partial charge < -0.3 is 9.67 Å². The highest BCUT2D eigenvalue weighted by molar-refractivity contribution is 5.38. The molecule has 3 nitrogen and oxygen atoms in total. The van der Waals surface area contributed by atoms with Crippen LogP contribution in [0.25, 0.3) is 5.69 Å². The van der Waals surface area contributed by atoms with E-state index in [1.807, 2.05) is 13.8 Å². The first-order chi connectivity index (χ1) is 7.63. The first kappa shape index (κ1) is 10.8. The third-order valence-corrected chi connectivity index (χ3v) is 2.71. The zero-order valence-electron chi connectivity index (χ0n) is 9.24. The summed E-state index contributed by atoms with van der Waals surface area (Å²) < 4.78 is 15.5. The Hall–Kier alpha value is -1.68. The summed E-state index contributed by atoms with van der Waals surface area (Å²) in [6.07, 6.45) is 1.60. The predicted octanol–water partition coefficient (Wildman–Crippen LogP) is 2.12. The Kier molecular flexibility index (Phi) is 2.75. The monoisotopic (exact) mass is 220 g/mol. The quantitative estimate of drug-likeness (QED) is 0.841. The van der Waals surface area contributed by atoms with Gasteiger partial charge in [0, 0.05) is 5.69 Å². The number of aliphatic hydroxyl groups excluding tert-OH is 1. The summed E-state index contributed by atoms with van der Waals surface area (Å²) in [4.78, 5) is 4.12. The number of imidazole rings is 1. The van der Waals surface area contributed by atoms with Crippen molar-refractivity contribution in [3.8, 4) is 5.69 Å². The molecule has 2 aromatic rings. The van der Waals surface area contributed by atoms with Gasteiger partial charge in [0.2, 0.25) is 0 Å². The van der Waals surface area contributed by atoms with E-state index < -0.39 is 0 Å². The van der Waals surface area contributed by atoms with E-state index >= 15 is 0 Å². The second-order valence-electron chi connectivity index (χ2n) is 3.73. The molecule has 1 aromatic heterocycles. The van der Waals surface area contributed by atoms with Gasteiger partial charge in [0.1, 0.15) is 5.82 Å². The van der Waals surface area contributed by atoms with Gasteiger partial charge in [-0.2, -0.15) is 0 Å². The molecule has 0 bridgehead atoms. The van der Waals surface area contributed by atoms with Crippen LogP contribution in [0.4, 0.5) is 4.39 Å². The fraction of sp³-hybridized carbons (Fsp3) is 0.250. The molecule has 0 unspecified atom stereocenters. The molecule has 0 aliphatic heterocycles. The molecule has 1 aromatic carbocycles. The molecule has 1 N–H and O–H groups in total. The Bertz CT molecular complexity index is 520. The molecule has 16 heavy (non-hydrogen) atoms. The Labute approximate surface area is 93.2 Å². The molecule has 84 valence electrons. The fourth-order valence-electron chi connectivity index (χ4n) is 1.59. The van der Waals surface area contributed by atoms with Crippen LogP contribution >= 0.6 is 0 Å². The minimum absolute atomic E-state index is 0.154. The third kappa shape index (κ3) is 1.72. The molecule has 1 heterocycles. The number of hydrogen-bond donors (Lipinski definition) is 1. The number of halogens is 1. The molecule has 0 saturated heterocycles. The summed E-state index contributed by atoms with van der Waals surface area (Å²) in [5.74, 6) is -0.355. The van der Waals surface area contributed by atoms with Crippen LogP contribution in [0.5, 0.6) is 0 Å². The summed E-state index contributed by atoms with van der Waals surface area (Å²) in [7, 11) is 0. The maximum Gasteiger partial charge on any atom is 0.147 e. The van der Waals surface area contributed by atoms with Crippen LogP contribution < -0.4 is 0 Å². The number of aryl methyl sites for hydroxylation is 1. The Morgan fingerprint density at radius 2 is 2.12 bits per heavy atom. The van der Waals surface area contributed by atoms with Crippen LogP contribution in [0.2, 0.25) is 0 Å². The van der Waals surface area contributed by atoms with Crippen LogP contribution in [0.3, 0.4) is 0 Å². The lowest BCUT2D eigenvalue weighted by Gasteiger charge is -2.07. The summed E-state index contributed by atoms with van der Waals surface area (Å²) in [6, 6.07) is 4.69. The zero-order valence-corrected chi connectivity index (χ0v) is 9.24. The fourth-order valence-corrected chi connectivity index (χ4v) is 1.59. The van der Waals surface area contributed by atoms with Crippen LogP contribution in [-0.2, 0) is 6.61 Å². The lowest BCUT2D eigenvalue weighted by molar-refractivity contribution is 0.281. The molecule has 0 atom stereocenters. The van der Waals surface area contributed by atoms with Gasteiger partial charge in [-0.15, -0.1) is 0 Å². The van der Waals surface area contributed by atoms with Crippen molar-refractivity contribution in [2.45, 2.75) is 20.5 Å². The van der Waals surface area contributed by atoms with Gasteiger partial charge >= 0.3 is 0 Å². The molecule has 0 aliphatic carbocycles. The van der Waals surface area contributed by atoms with E-state index in [1.165, 1.54) is 6.07 Å². The van der Waals surface area contributed by atoms with Crippen molar-refractivity contribution in [2.24, 2.45) is 0 Å². The Balaban J connectivity index is 2.52. The molecule has 0 fully saturated rings. The summed E-state index contributed by atoms with van der Waals surface area (Å²) in [6.45, 7) is 3.62. The second-order valence-corrected chi connectivity index (χ2v) is 3.73. The Morgan fingerprint density at radius 3 is 2.62 bits per heavy atom. The minimum Gasteiger partial charge on any atom is -0.392 e. The zero-order chi connectivity index (χ0) is 11.7. The lowest BCUT2D eigenvalue weighted by Crippen LogP contribution is -2.00. The number of aliphatic hydroxyl groups is 1. The summed E-state index contributed by atoms with van der Waals surface area (Å²) in [5.41, 5.74) is 2.81. The van der Waals surface area contributed by atoms with Gasteiger partial charge in [-0.25, -0.2) is 9.37 Å². The second kappa shape index (κ2) is 4.06. The standard InChI is InChI=1S/C12H13FN2O/c1-8-9(2)15(7-14-8)12-4-3-10(6-16)5-11(12)13/h3-5,7,16H,6H2,1-2H3. The minimum atomic E-state index is -0.355. The van der Waals surface area contributed by atoms with Crippen LogP contribution in [0.1, 0.15) is 17.0 Å². The highest BCUT2D eigenvalue weighted by Gasteiger charge is 2.09. The molecule has 0 radical (unpaired) electrons. The average molecular weight is 220 g/mol. The van der Waals surface area contributed by atoms with Gasteiger partial charge in [-0.1, -0.05) is 6.07 Å². The largest absolute Gasteiger partial charge is 0.392 e. The van der Waals surface area contributed by atoms with E-state index in [0.29, 0.717) is 11.3 Å². The van der Waals surface area contributed by atoms with Gasteiger partial charge in [0.15, 0.2) is 0 Å². The normalized spacial score (nSPS) is 10.8. The molecular formula is C12H13FN2O. The van der Waals surface area contributed by atoms with Gasteiger partial charge in [-0.3, -0.25) is 0 Å². The van der Waals surface area contributed by atoms with E-state index in [0.717, 1.165) is 11.4 Å². The highest BCUT2D eigenvalue weighted by atomic mass is 19.1. The Morgan fingerprint density at radius 1 is 1.38 bits per heavy atom. The number of aromatic nitrogens is 2. The first-order valence-corrected chi connectivity index (χ1v) is 5.03. The topological polar surface area (TPSA) is 38.0 Å². The SMILES string of the molecule is Cc1ncn(-c2ccc(CO)cc2F)c1C. The molecule has 0 amide bonds. The number of hydrogen-bond acceptors (Lipinski definition) is 2. The van der Waals surface area contributed by atoms with E-state index in [9.17, 15) is 4.39 Å². The van der Waals surface area contributed by atoms with E-state index in [1.54, 1.807) is 23.0 Å². The van der Waals surface area contributed by atoms with Crippen LogP contribution in [0, 0.1) is 19.7 Å². The molecule has 0 saturated carbocycles. The van der Waals surface area contributed by atoms with E-state index in [4.69, 9.17) is 5.11 Å². The number of rotatable bonds is 2. The number of nitrogens with zero attached hydrogens (tertiary/aromatic N) is 2. The average Bonchev–Trinajstić information content (AvgIpc) is 2.60. The smallest absolute Gasteiger partial charge is 0.147 e. The van der Waals surface area contributed by atoms with Crippen molar-refractivity contribution >= 4 is 0 Å². The summed E-state index contributed by atoms with van der Waals surface area (Å²) in [5, 5.41) is 8.90. The van der Waals surface area contributed by atoms with Gasteiger partial charge in [-0.05, 0) is 31.5 Å². The van der Waals surface area contributed by atoms with Crippen molar-refractivity contribution in [1.82, 2.24) is 9.55 Å². The number of benzene rings is 1. The van der Waals surface area contributed by atoms with Crippen molar-refractivity contribution in [1.29, 1.82) is 0 Å². The maximum atomic E-state index is 13.8. The summed E-state index contributed by atoms with van der Waals surface area (Å²) >= 11 is 0. The van der Waals surface area contributed by atoms with Gasteiger partial charge in [0.05, 0.1) is 24.3 Å². The van der Waals surface area contributed by atoms with Crippen molar-refractivity contribution in [2.75, 3.05) is 0 Å². The lowest BCUT2D eigenvalue weighted by atomic mass is 10.2. The predicted molar refractivity (Wildman–Crippen MR) is 58.9 cm³/mol. The molecule has 0 aliphatic rings. The van der Waals surface area contributed by atoms with Crippen molar-refractivity contribution in [3.05, 3.63) is 47.3 Å². The van der Waals surface area contributed by atoms with Gasteiger partial charge in [0.25, 0.3) is 0 Å². The molecular weight excluding hydrogens is 207 g/mol. The van der Waals surface area contributed by atoms with E-state index in [-0.39, 0.29) is 12.4 Å². The van der Waals surface area contributed by atoms with Crippen molar-refractivity contribution in [3.63, 3.8) is 0 Å². The van der Waals surface area contributed by atoms with Crippen molar-refractivity contribution < 1.29 is 9.50 Å². The van der Waals surface area contributed by atoms with Crippen LogP contribution in [0.15, 0.2) is 24.5 Å². The molecule has 2 rings (SSSR count). The third-order valence-electron chi connectivity index (χ3n) is 2.71. The van der Waals surface area contributed by atoms with E-state index in [2.05, 4.69) is 4.98 Å². The highest BCUT2D eigenvalue weighted by Crippen LogP contribution is 2.18.